The maximum absolute atomic E-state index is 11.3. The number of likely N-dealkylation sites (N-methyl/N-ethyl adjacent to an activating group) is 1. The van der Waals surface area contributed by atoms with Crippen molar-refractivity contribution in [2.45, 2.75) is 33.2 Å². The molecule has 0 aliphatic carbocycles. The van der Waals surface area contributed by atoms with E-state index in [1.165, 1.54) is 0 Å². The Hall–Kier alpha value is -0.610. The minimum absolute atomic E-state index is 0.0429. The Bertz CT molecular complexity index is 172. The highest BCUT2D eigenvalue weighted by Crippen LogP contribution is 1.92. The van der Waals surface area contributed by atoms with Gasteiger partial charge in [0.1, 0.15) is 0 Å². The molecule has 1 amide bonds. The Labute approximate surface area is 92.8 Å². The fraction of sp³-hybridized carbons (Fsp3) is 0.909. The van der Waals surface area contributed by atoms with Gasteiger partial charge >= 0.3 is 0 Å². The van der Waals surface area contributed by atoms with Gasteiger partial charge in [0.25, 0.3) is 0 Å². The molecule has 0 saturated heterocycles. The van der Waals surface area contributed by atoms with E-state index in [4.69, 9.17) is 4.74 Å². The van der Waals surface area contributed by atoms with E-state index in [0.29, 0.717) is 19.1 Å². The van der Waals surface area contributed by atoms with E-state index in [1.807, 2.05) is 6.92 Å². The lowest BCUT2D eigenvalue weighted by atomic mass is 10.2. The monoisotopic (exact) mass is 216 g/mol. The smallest absolute Gasteiger partial charge is 0.236 e. The van der Waals surface area contributed by atoms with E-state index in [1.54, 1.807) is 7.05 Å². The molecule has 0 aliphatic rings. The van der Waals surface area contributed by atoms with Gasteiger partial charge in [-0.15, -0.1) is 0 Å². The van der Waals surface area contributed by atoms with Crippen molar-refractivity contribution in [3.05, 3.63) is 0 Å². The van der Waals surface area contributed by atoms with Crippen LogP contribution in [0.25, 0.3) is 0 Å². The van der Waals surface area contributed by atoms with E-state index in [9.17, 15) is 4.79 Å². The number of amides is 1. The van der Waals surface area contributed by atoms with Crippen LogP contribution in [0.3, 0.4) is 0 Å². The lowest BCUT2D eigenvalue weighted by Gasteiger charge is -2.11. The first-order valence-corrected chi connectivity index (χ1v) is 5.60. The van der Waals surface area contributed by atoms with E-state index >= 15 is 0 Å². The van der Waals surface area contributed by atoms with Gasteiger partial charge in [0.2, 0.25) is 5.91 Å². The van der Waals surface area contributed by atoms with Crippen LogP contribution in [0.2, 0.25) is 0 Å². The average Bonchev–Trinajstić information content (AvgIpc) is 2.21. The molecule has 4 heteroatoms. The molecule has 0 aromatic carbocycles. The largest absolute Gasteiger partial charge is 0.381 e. The molecule has 1 atom stereocenters. The van der Waals surface area contributed by atoms with Crippen LogP contribution in [0.15, 0.2) is 0 Å². The first-order chi connectivity index (χ1) is 7.07. The molecule has 0 aliphatic heterocycles. The predicted octanol–water partition coefficient (Wildman–Crippen LogP) is 0.773. The molecule has 0 bridgehead atoms. The van der Waals surface area contributed by atoms with Crippen molar-refractivity contribution in [3.63, 3.8) is 0 Å². The van der Waals surface area contributed by atoms with Gasteiger partial charge in [0.15, 0.2) is 0 Å². The van der Waals surface area contributed by atoms with Crippen LogP contribution < -0.4 is 10.6 Å². The second-order valence-corrected chi connectivity index (χ2v) is 4.12. The van der Waals surface area contributed by atoms with Crippen LogP contribution in [0.5, 0.6) is 0 Å². The SMILES string of the molecule is CNC(C)C(=O)NCCCOCC(C)C. The quantitative estimate of drug-likeness (QED) is 0.589. The Morgan fingerprint density at radius 2 is 2.00 bits per heavy atom. The number of hydrogen-bond acceptors (Lipinski definition) is 3. The third kappa shape index (κ3) is 8.39. The lowest BCUT2D eigenvalue weighted by molar-refractivity contribution is -0.122. The maximum atomic E-state index is 11.3. The molecule has 0 fully saturated rings. The number of rotatable bonds is 8. The van der Waals surface area contributed by atoms with Gasteiger partial charge in [0.05, 0.1) is 6.04 Å². The maximum Gasteiger partial charge on any atom is 0.236 e. The molecule has 0 aromatic heterocycles. The molecule has 1 unspecified atom stereocenters. The number of carbonyl (C=O) groups is 1. The van der Waals surface area contributed by atoms with E-state index in [0.717, 1.165) is 13.0 Å². The third-order valence-electron chi connectivity index (χ3n) is 2.04. The Morgan fingerprint density at radius 3 is 2.53 bits per heavy atom. The molecule has 4 nitrogen and oxygen atoms in total. The highest BCUT2D eigenvalue weighted by atomic mass is 16.5. The van der Waals surface area contributed by atoms with E-state index in [-0.39, 0.29) is 11.9 Å². The normalized spacial score (nSPS) is 12.9. The third-order valence-corrected chi connectivity index (χ3v) is 2.04. The van der Waals surface area contributed by atoms with Crippen LogP contribution in [0.4, 0.5) is 0 Å². The summed E-state index contributed by atoms with van der Waals surface area (Å²) in [6.45, 7) is 8.27. The zero-order valence-electron chi connectivity index (χ0n) is 10.3. The van der Waals surface area contributed by atoms with Gasteiger partial charge in [-0.1, -0.05) is 13.8 Å². The topological polar surface area (TPSA) is 50.4 Å². The summed E-state index contributed by atoms with van der Waals surface area (Å²) in [5.41, 5.74) is 0. The summed E-state index contributed by atoms with van der Waals surface area (Å²) in [6.07, 6.45) is 0.870. The Morgan fingerprint density at radius 1 is 1.33 bits per heavy atom. The molecule has 0 rings (SSSR count). The van der Waals surface area contributed by atoms with Gasteiger partial charge in [-0.25, -0.2) is 0 Å². The summed E-state index contributed by atoms with van der Waals surface area (Å²) < 4.78 is 5.40. The molecule has 90 valence electrons. The van der Waals surface area contributed by atoms with Crippen molar-refractivity contribution in [2.24, 2.45) is 5.92 Å². The van der Waals surface area contributed by atoms with Crippen molar-refractivity contribution in [3.8, 4) is 0 Å². The van der Waals surface area contributed by atoms with Crippen LogP contribution in [0.1, 0.15) is 27.2 Å². The number of carbonyl (C=O) groups excluding carboxylic acids is 1. The Balaban J connectivity index is 3.27. The van der Waals surface area contributed by atoms with Gasteiger partial charge < -0.3 is 15.4 Å². The van der Waals surface area contributed by atoms with Gasteiger partial charge in [-0.2, -0.15) is 0 Å². The van der Waals surface area contributed by atoms with Gasteiger partial charge in [-0.05, 0) is 26.3 Å². The minimum atomic E-state index is -0.124. The van der Waals surface area contributed by atoms with Crippen molar-refractivity contribution in [1.82, 2.24) is 10.6 Å². The summed E-state index contributed by atoms with van der Waals surface area (Å²) in [5.74, 6) is 0.616. The second kappa shape index (κ2) is 8.68. The molecule has 0 radical (unpaired) electrons. The summed E-state index contributed by atoms with van der Waals surface area (Å²) in [6, 6.07) is -0.124. The zero-order chi connectivity index (χ0) is 11.7. The van der Waals surface area contributed by atoms with Crippen LogP contribution in [-0.4, -0.2) is 38.8 Å². The van der Waals surface area contributed by atoms with E-state index in [2.05, 4.69) is 24.5 Å². The van der Waals surface area contributed by atoms with Gasteiger partial charge in [-0.3, -0.25) is 4.79 Å². The summed E-state index contributed by atoms with van der Waals surface area (Å²) in [7, 11) is 1.77. The minimum Gasteiger partial charge on any atom is -0.381 e. The lowest BCUT2D eigenvalue weighted by Crippen LogP contribution is -2.40. The summed E-state index contributed by atoms with van der Waals surface area (Å²) >= 11 is 0. The van der Waals surface area contributed by atoms with Crippen LogP contribution >= 0.6 is 0 Å². The number of nitrogens with one attached hydrogen (secondary N) is 2. The summed E-state index contributed by atoms with van der Waals surface area (Å²) in [4.78, 5) is 11.3. The molecule has 2 N–H and O–H groups in total. The van der Waals surface area contributed by atoms with E-state index < -0.39 is 0 Å². The first kappa shape index (κ1) is 14.4. The first-order valence-electron chi connectivity index (χ1n) is 5.60. The number of hydrogen-bond donors (Lipinski definition) is 2. The van der Waals surface area contributed by atoms with Crippen molar-refractivity contribution in [2.75, 3.05) is 26.8 Å². The van der Waals surface area contributed by atoms with Crippen molar-refractivity contribution >= 4 is 5.91 Å². The summed E-state index contributed by atoms with van der Waals surface area (Å²) in [5, 5.41) is 5.73. The standard InChI is InChI=1S/C11H24N2O2/c1-9(2)8-15-7-5-6-13-11(14)10(3)12-4/h9-10,12H,5-8H2,1-4H3,(H,13,14). The van der Waals surface area contributed by atoms with Gasteiger partial charge in [0, 0.05) is 19.8 Å². The Kier molecular flexibility index (Phi) is 8.33. The molecular weight excluding hydrogens is 192 g/mol. The fourth-order valence-electron chi connectivity index (χ4n) is 0.989. The molecule has 0 spiro atoms. The van der Waals surface area contributed by atoms with Crippen LogP contribution in [0, 0.1) is 5.92 Å². The highest BCUT2D eigenvalue weighted by Gasteiger charge is 2.07. The van der Waals surface area contributed by atoms with Crippen LogP contribution in [-0.2, 0) is 9.53 Å². The molecular formula is C11H24N2O2. The molecule has 0 saturated carbocycles. The van der Waals surface area contributed by atoms with Crippen molar-refractivity contribution in [1.29, 1.82) is 0 Å². The number of ether oxygens (including phenoxy) is 1. The molecule has 0 aromatic rings. The molecule has 15 heavy (non-hydrogen) atoms. The fourth-order valence-corrected chi connectivity index (χ4v) is 0.989. The molecule has 0 heterocycles. The zero-order valence-corrected chi connectivity index (χ0v) is 10.3. The average molecular weight is 216 g/mol. The van der Waals surface area contributed by atoms with Crippen molar-refractivity contribution < 1.29 is 9.53 Å². The highest BCUT2D eigenvalue weighted by molar-refractivity contribution is 5.81. The second-order valence-electron chi connectivity index (χ2n) is 4.12. The predicted molar refractivity (Wildman–Crippen MR) is 61.8 cm³/mol.